The normalized spacial score (nSPS) is 16.0. The zero-order valence-corrected chi connectivity index (χ0v) is 15.5. The molecule has 1 aliphatic heterocycles. The van der Waals surface area contributed by atoms with Crippen LogP contribution in [0.15, 0.2) is 33.7 Å². The fourth-order valence-electron chi connectivity index (χ4n) is 2.98. The highest BCUT2D eigenvalue weighted by Gasteiger charge is 2.23. The molecule has 1 unspecified atom stereocenters. The second kappa shape index (κ2) is 7.50. The first-order valence-corrected chi connectivity index (χ1v) is 8.83. The lowest BCUT2D eigenvalue weighted by atomic mass is 10.2. The van der Waals surface area contributed by atoms with Gasteiger partial charge >= 0.3 is 0 Å². The van der Waals surface area contributed by atoms with E-state index in [-0.39, 0.29) is 11.8 Å². The van der Waals surface area contributed by atoms with Gasteiger partial charge in [-0.15, -0.1) is 0 Å². The number of nitrogens with one attached hydrogen (secondary N) is 1. The zero-order valence-electron chi connectivity index (χ0n) is 13.9. The molecule has 1 aliphatic rings. The molecule has 0 aliphatic carbocycles. The molecule has 0 spiro atoms. The summed E-state index contributed by atoms with van der Waals surface area (Å²) in [5, 5.41) is 7.79. The van der Waals surface area contributed by atoms with Gasteiger partial charge in [0.1, 0.15) is 12.0 Å². The number of anilines is 1. The predicted molar refractivity (Wildman–Crippen MR) is 95.7 cm³/mol. The number of methoxy groups -OCH3 is 1. The molecular weight excluding hydrogens is 374 g/mol. The number of hydrogen-bond donors (Lipinski definition) is 1. The minimum Gasteiger partial charge on any atom is -0.366 e. The Kier molecular flexibility index (Phi) is 5.37. The quantitative estimate of drug-likeness (QED) is 0.810. The third-order valence-electron chi connectivity index (χ3n) is 4.23. The van der Waals surface area contributed by atoms with Crippen LogP contribution in [0.25, 0.3) is 0 Å². The van der Waals surface area contributed by atoms with Gasteiger partial charge in [-0.3, -0.25) is 18.9 Å². The summed E-state index contributed by atoms with van der Waals surface area (Å²) in [6, 6.07) is 5.32. The second-order valence-corrected chi connectivity index (χ2v) is 6.72. The highest BCUT2D eigenvalue weighted by Crippen LogP contribution is 2.19. The van der Waals surface area contributed by atoms with Gasteiger partial charge < -0.3 is 10.1 Å². The summed E-state index contributed by atoms with van der Waals surface area (Å²) in [5.74, 6) is 0.782. The van der Waals surface area contributed by atoms with Crippen LogP contribution in [0.3, 0.4) is 0 Å². The van der Waals surface area contributed by atoms with Crippen LogP contribution < -0.4 is 10.9 Å². The number of fused-ring (bicyclic) bond motifs is 1. The van der Waals surface area contributed by atoms with Crippen molar-refractivity contribution in [3.8, 4) is 0 Å². The molecule has 7 nitrogen and oxygen atoms in total. The molecule has 1 atom stereocenters. The Morgan fingerprint density at radius 3 is 3.00 bits per heavy atom. The van der Waals surface area contributed by atoms with Crippen LogP contribution in [0.2, 0.25) is 0 Å². The van der Waals surface area contributed by atoms with Crippen LogP contribution in [-0.4, -0.2) is 39.1 Å². The average molecular weight is 396 g/mol. The lowest BCUT2D eigenvalue weighted by molar-refractivity contribution is -0.0486. The van der Waals surface area contributed by atoms with Gasteiger partial charge in [-0.2, -0.15) is 5.10 Å². The van der Waals surface area contributed by atoms with E-state index in [4.69, 9.17) is 4.74 Å². The highest BCUT2D eigenvalue weighted by atomic mass is 79.9. The summed E-state index contributed by atoms with van der Waals surface area (Å²) in [6.07, 6.45) is 2.87. The van der Waals surface area contributed by atoms with Gasteiger partial charge in [-0.1, -0.05) is 6.92 Å². The lowest BCUT2D eigenvalue weighted by Gasteiger charge is -2.33. The van der Waals surface area contributed by atoms with Gasteiger partial charge in [0.25, 0.3) is 5.56 Å². The molecule has 0 amide bonds. The van der Waals surface area contributed by atoms with E-state index in [9.17, 15) is 4.79 Å². The first-order valence-electron chi connectivity index (χ1n) is 8.04. The summed E-state index contributed by atoms with van der Waals surface area (Å²) >= 11 is 3.38. The predicted octanol–water partition coefficient (Wildman–Crippen LogP) is 2.07. The molecule has 3 rings (SSSR count). The van der Waals surface area contributed by atoms with Gasteiger partial charge in [-0.05, 0) is 28.4 Å². The SMILES string of the molecule is CCC(OC)N1CCn2nc(NCn3cc(Br)ccc3=O)cc2C1. The van der Waals surface area contributed by atoms with Crippen LogP contribution in [0.4, 0.5) is 5.82 Å². The maximum Gasteiger partial charge on any atom is 0.252 e. The van der Waals surface area contributed by atoms with E-state index >= 15 is 0 Å². The maximum absolute atomic E-state index is 11.8. The molecule has 0 saturated carbocycles. The molecule has 0 aromatic carbocycles. The molecule has 0 fully saturated rings. The number of rotatable bonds is 6. The van der Waals surface area contributed by atoms with E-state index in [2.05, 4.69) is 38.2 Å². The second-order valence-electron chi connectivity index (χ2n) is 5.80. The van der Waals surface area contributed by atoms with Crippen molar-refractivity contribution in [2.45, 2.75) is 39.3 Å². The van der Waals surface area contributed by atoms with Crippen molar-refractivity contribution in [1.29, 1.82) is 0 Å². The molecule has 24 heavy (non-hydrogen) atoms. The molecule has 0 bridgehead atoms. The monoisotopic (exact) mass is 395 g/mol. The van der Waals surface area contributed by atoms with Crippen LogP contribution in [0, 0.1) is 0 Å². The number of aromatic nitrogens is 3. The molecule has 1 N–H and O–H groups in total. The molecule has 2 aromatic rings. The number of nitrogens with zero attached hydrogens (tertiary/aromatic N) is 4. The average Bonchev–Trinajstić information content (AvgIpc) is 2.99. The highest BCUT2D eigenvalue weighted by molar-refractivity contribution is 9.10. The van der Waals surface area contributed by atoms with Gasteiger partial charge in [0.2, 0.25) is 0 Å². The molecule has 2 aromatic heterocycles. The Labute approximate surface area is 149 Å². The Balaban J connectivity index is 1.68. The van der Waals surface area contributed by atoms with E-state index in [0.717, 1.165) is 42.0 Å². The standard InChI is InChI=1S/C16H22BrN5O2/c1-3-16(24-2)20-6-7-22-13(10-20)8-14(19-22)18-11-21-9-12(17)4-5-15(21)23/h4-5,8-9,16H,3,6-7,10-11H2,1-2H3,(H,18,19). The summed E-state index contributed by atoms with van der Waals surface area (Å²) in [5.41, 5.74) is 1.10. The first kappa shape index (κ1) is 17.2. The Morgan fingerprint density at radius 1 is 1.42 bits per heavy atom. The van der Waals surface area contributed by atoms with Gasteiger partial charge in [-0.25, -0.2) is 0 Å². The number of pyridine rings is 1. The summed E-state index contributed by atoms with van der Waals surface area (Å²) < 4.78 is 10.0. The van der Waals surface area contributed by atoms with E-state index in [1.807, 2.05) is 10.7 Å². The largest absolute Gasteiger partial charge is 0.366 e. The number of hydrogen-bond acceptors (Lipinski definition) is 5. The van der Waals surface area contributed by atoms with Crippen molar-refractivity contribution in [3.05, 3.63) is 44.9 Å². The third kappa shape index (κ3) is 3.71. The van der Waals surface area contributed by atoms with Gasteiger partial charge in [0.15, 0.2) is 0 Å². The van der Waals surface area contributed by atoms with Crippen molar-refractivity contribution in [2.24, 2.45) is 0 Å². The van der Waals surface area contributed by atoms with Gasteiger partial charge in [0, 0.05) is 43.0 Å². The topological polar surface area (TPSA) is 64.3 Å². The van der Waals surface area contributed by atoms with Crippen LogP contribution in [0.5, 0.6) is 0 Å². The zero-order chi connectivity index (χ0) is 17.1. The first-order chi connectivity index (χ1) is 11.6. The summed E-state index contributed by atoms with van der Waals surface area (Å²) in [6.45, 7) is 5.09. The Bertz CT molecular complexity index is 753. The molecule has 3 heterocycles. The molecule has 130 valence electrons. The van der Waals surface area contributed by atoms with Crippen LogP contribution in [-0.2, 0) is 24.5 Å². The van der Waals surface area contributed by atoms with E-state index < -0.39 is 0 Å². The smallest absolute Gasteiger partial charge is 0.252 e. The molecule has 0 radical (unpaired) electrons. The Hall–Kier alpha value is -1.64. The minimum absolute atomic E-state index is 0.0493. The van der Waals surface area contributed by atoms with Crippen LogP contribution >= 0.6 is 15.9 Å². The van der Waals surface area contributed by atoms with Crippen molar-refractivity contribution in [3.63, 3.8) is 0 Å². The van der Waals surface area contributed by atoms with E-state index in [1.165, 1.54) is 6.07 Å². The fourth-order valence-corrected chi connectivity index (χ4v) is 3.36. The minimum atomic E-state index is -0.0493. The van der Waals surface area contributed by atoms with E-state index in [1.54, 1.807) is 23.9 Å². The van der Waals surface area contributed by atoms with Crippen molar-refractivity contribution in [1.82, 2.24) is 19.2 Å². The third-order valence-corrected chi connectivity index (χ3v) is 4.70. The van der Waals surface area contributed by atoms with Crippen LogP contribution in [0.1, 0.15) is 19.0 Å². The molecule has 8 heteroatoms. The molecular formula is C16H22BrN5O2. The number of ether oxygens (including phenoxy) is 1. The molecule has 0 saturated heterocycles. The summed E-state index contributed by atoms with van der Waals surface area (Å²) in [4.78, 5) is 14.1. The summed E-state index contributed by atoms with van der Waals surface area (Å²) in [7, 11) is 1.75. The van der Waals surface area contributed by atoms with Crippen molar-refractivity contribution < 1.29 is 4.74 Å². The fraction of sp³-hybridized carbons (Fsp3) is 0.500. The van der Waals surface area contributed by atoms with Crippen molar-refractivity contribution in [2.75, 3.05) is 19.0 Å². The maximum atomic E-state index is 11.8. The van der Waals surface area contributed by atoms with Crippen molar-refractivity contribution >= 4 is 21.7 Å². The number of halogens is 1. The van der Waals surface area contributed by atoms with Gasteiger partial charge in [0.05, 0.1) is 18.9 Å². The lowest BCUT2D eigenvalue weighted by Crippen LogP contribution is -2.41. The van der Waals surface area contributed by atoms with E-state index in [0.29, 0.717) is 6.67 Å². The Morgan fingerprint density at radius 2 is 2.25 bits per heavy atom.